The molecule has 0 spiro atoms. The molecule has 0 amide bonds. The molecule has 1 aliphatic heterocycles. The van der Waals surface area contributed by atoms with Crippen LogP contribution >= 0.6 is 0 Å². The number of carboxylic acid groups (broad SMARTS) is 1. The number of aromatic carboxylic acids is 1. The molecule has 92 valence electrons. The van der Waals surface area contributed by atoms with Crippen LogP contribution in [0.3, 0.4) is 0 Å². The second-order valence-electron chi connectivity index (χ2n) is 3.93. The zero-order valence-corrected chi connectivity index (χ0v) is 9.67. The van der Waals surface area contributed by atoms with Gasteiger partial charge in [0.2, 0.25) is 0 Å². The molecule has 1 unspecified atom stereocenters. The molecule has 17 heavy (non-hydrogen) atoms. The zero-order chi connectivity index (χ0) is 12.3. The third kappa shape index (κ3) is 2.71. The minimum Gasteiger partial charge on any atom is -0.476 e. The smallest absolute Gasteiger partial charge is 0.356 e. The van der Waals surface area contributed by atoms with Crippen molar-refractivity contribution in [2.45, 2.75) is 19.4 Å². The first-order valence-electron chi connectivity index (χ1n) is 5.64. The fraction of sp³-hybridized carbons (Fsp3) is 0.545. The summed E-state index contributed by atoms with van der Waals surface area (Å²) in [5.41, 5.74) is -0.0333. The highest BCUT2D eigenvalue weighted by Gasteiger charge is 2.20. The molecule has 6 nitrogen and oxygen atoms in total. The van der Waals surface area contributed by atoms with Crippen LogP contribution in [-0.2, 0) is 4.74 Å². The van der Waals surface area contributed by atoms with Crippen molar-refractivity contribution in [1.82, 2.24) is 10.2 Å². The van der Waals surface area contributed by atoms with Gasteiger partial charge in [-0.15, -0.1) is 10.2 Å². The summed E-state index contributed by atoms with van der Waals surface area (Å²) >= 11 is 0. The van der Waals surface area contributed by atoms with Crippen LogP contribution in [0.1, 0.15) is 23.8 Å². The third-order valence-electron chi connectivity index (χ3n) is 2.79. The van der Waals surface area contributed by atoms with Crippen molar-refractivity contribution in [3.8, 4) is 0 Å². The maximum Gasteiger partial charge on any atom is 0.356 e. The first kappa shape index (κ1) is 11.8. The molecular weight excluding hydrogens is 222 g/mol. The predicted octanol–water partition coefficient (Wildman–Crippen LogP) is 0.790. The second kappa shape index (κ2) is 5.09. The van der Waals surface area contributed by atoms with Crippen molar-refractivity contribution in [3.05, 3.63) is 17.8 Å². The lowest BCUT2D eigenvalue weighted by atomic mass is 10.2. The molecule has 0 radical (unpaired) electrons. The van der Waals surface area contributed by atoms with Crippen LogP contribution in [0.4, 0.5) is 5.82 Å². The van der Waals surface area contributed by atoms with E-state index in [1.165, 1.54) is 6.07 Å². The maximum atomic E-state index is 10.7. The van der Waals surface area contributed by atoms with Gasteiger partial charge in [0.15, 0.2) is 11.5 Å². The largest absolute Gasteiger partial charge is 0.476 e. The lowest BCUT2D eigenvalue weighted by molar-refractivity contribution is 0.0381. The Morgan fingerprint density at radius 3 is 3.00 bits per heavy atom. The summed E-state index contributed by atoms with van der Waals surface area (Å²) in [7, 11) is 0. The van der Waals surface area contributed by atoms with Gasteiger partial charge in [0.05, 0.1) is 12.7 Å². The van der Waals surface area contributed by atoms with Gasteiger partial charge in [0, 0.05) is 13.1 Å². The zero-order valence-electron chi connectivity index (χ0n) is 9.67. The van der Waals surface area contributed by atoms with Crippen LogP contribution < -0.4 is 4.90 Å². The van der Waals surface area contributed by atoms with Gasteiger partial charge in [-0.2, -0.15) is 0 Å². The van der Waals surface area contributed by atoms with Gasteiger partial charge in [-0.3, -0.25) is 0 Å². The summed E-state index contributed by atoms with van der Waals surface area (Å²) in [6, 6.07) is 3.16. The summed E-state index contributed by atoms with van der Waals surface area (Å²) in [6.45, 7) is 4.28. The fourth-order valence-electron chi connectivity index (χ4n) is 1.78. The average Bonchev–Trinajstić information content (AvgIpc) is 2.39. The number of carboxylic acids is 1. The molecular formula is C11H15N3O3. The number of anilines is 1. The van der Waals surface area contributed by atoms with Gasteiger partial charge < -0.3 is 14.7 Å². The number of rotatable bonds is 3. The van der Waals surface area contributed by atoms with Crippen LogP contribution in [0.2, 0.25) is 0 Å². The second-order valence-corrected chi connectivity index (χ2v) is 3.93. The Morgan fingerprint density at radius 1 is 1.59 bits per heavy atom. The van der Waals surface area contributed by atoms with Gasteiger partial charge in [-0.25, -0.2) is 4.79 Å². The average molecular weight is 237 g/mol. The number of morpholine rings is 1. The quantitative estimate of drug-likeness (QED) is 0.837. The highest BCUT2D eigenvalue weighted by atomic mass is 16.5. The minimum absolute atomic E-state index is 0.0333. The topological polar surface area (TPSA) is 75.6 Å². The van der Waals surface area contributed by atoms with Crippen LogP contribution in [0.5, 0.6) is 0 Å². The van der Waals surface area contributed by atoms with Crippen LogP contribution in [0, 0.1) is 0 Å². The monoisotopic (exact) mass is 237 g/mol. The summed E-state index contributed by atoms with van der Waals surface area (Å²) in [5, 5.41) is 16.3. The van der Waals surface area contributed by atoms with E-state index in [1.54, 1.807) is 6.07 Å². The highest BCUT2D eigenvalue weighted by molar-refractivity contribution is 5.85. The van der Waals surface area contributed by atoms with E-state index in [0.717, 1.165) is 19.5 Å². The van der Waals surface area contributed by atoms with Crippen molar-refractivity contribution in [1.29, 1.82) is 0 Å². The predicted molar refractivity (Wildman–Crippen MR) is 61.2 cm³/mol. The Morgan fingerprint density at radius 2 is 2.41 bits per heavy atom. The molecule has 2 heterocycles. The molecule has 1 aliphatic rings. The Bertz CT molecular complexity index is 393. The first-order valence-corrected chi connectivity index (χ1v) is 5.64. The number of carbonyl (C=O) groups is 1. The summed E-state index contributed by atoms with van der Waals surface area (Å²) in [6.07, 6.45) is 1.17. The molecule has 1 aromatic rings. The van der Waals surface area contributed by atoms with Gasteiger partial charge in [0.1, 0.15) is 0 Å². The number of nitrogens with zero attached hydrogens (tertiary/aromatic N) is 3. The van der Waals surface area contributed by atoms with Gasteiger partial charge in [-0.05, 0) is 18.6 Å². The van der Waals surface area contributed by atoms with Crippen LogP contribution in [-0.4, -0.2) is 47.1 Å². The van der Waals surface area contributed by atoms with E-state index in [9.17, 15) is 4.79 Å². The van der Waals surface area contributed by atoms with E-state index < -0.39 is 5.97 Å². The summed E-state index contributed by atoms with van der Waals surface area (Å²) < 4.78 is 5.56. The number of aromatic nitrogens is 2. The van der Waals surface area contributed by atoms with Crippen LogP contribution in [0.15, 0.2) is 12.1 Å². The van der Waals surface area contributed by atoms with E-state index >= 15 is 0 Å². The number of ether oxygens (including phenoxy) is 1. The van der Waals surface area contributed by atoms with Crippen molar-refractivity contribution in [2.75, 3.05) is 24.6 Å². The highest BCUT2D eigenvalue weighted by Crippen LogP contribution is 2.15. The van der Waals surface area contributed by atoms with Gasteiger partial charge in [0.25, 0.3) is 0 Å². The SMILES string of the molecule is CCC1CN(c2ccc(C(=O)O)nn2)CCO1. The van der Waals surface area contributed by atoms with Crippen molar-refractivity contribution in [3.63, 3.8) is 0 Å². The van der Waals surface area contributed by atoms with Gasteiger partial charge >= 0.3 is 5.97 Å². The summed E-state index contributed by atoms with van der Waals surface area (Å²) in [4.78, 5) is 12.7. The van der Waals surface area contributed by atoms with Crippen molar-refractivity contribution >= 4 is 11.8 Å². The molecule has 0 aromatic carbocycles. The number of hydrogen-bond acceptors (Lipinski definition) is 5. The molecule has 0 bridgehead atoms. The lowest BCUT2D eigenvalue weighted by Crippen LogP contribution is -2.42. The normalized spacial score (nSPS) is 20.3. The molecule has 2 rings (SSSR count). The minimum atomic E-state index is -1.06. The maximum absolute atomic E-state index is 10.7. The summed E-state index contributed by atoms with van der Waals surface area (Å²) in [5.74, 6) is -0.353. The molecule has 0 aliphatic carbocycles. The third-order valence-corrected chi connectivity index (χ3v) is 2.79. The van der Waals surface area contributed by atoms with Crippen molar-refractivity contribution in [2.24, 2.45) is 0 Å². The Kier molecular flexibility index (Phi) is 3.53. The fourth-order valence-corrected chi connectivity index (χ4v) is 1.78. The lowest BCUT2D eigenvalue weighted by Gasteiger charge is -2.32. The molecule has 1 saturated heterocycles. The van der Waals surface area contributed by atoms with Crippen LogP contribution in [0.25, 0.3) is 0 Å². The molecule has 1 N–H and O–H groups in total. The van der Waals surface area contributed by atoms with Crippen molar-refractivity contribution < 1.29 is 14.6 Å². The Hall–Kier alpha value is -1.69. The first-order chi connectivity index (χ1) is 8.20. The van der Waals surface area contributed by atoms with E-state index in [-0.39, 0.29) is 11.8 Å². The Labute approximate surface area is 99.2 Å². The Balaban J connectivity index is 2.08. The standard InChI is InChI=1S/C11H15N3O3/c1-2-8-7-14(5-6-17-8)10-4-3-9(11(15)16)12-13-10/h3-4,8H,2,5-7H2,1H3,(H,15,16). The van der Waals surface area contributed by atoms with Gasteiger partial charge in [-0.1, -0.05) is 6.92 Å². The molecule has 1 fully saturated rings. The molecule has 0 saturated carbocycles. The molecule has 1 aromatic heterocycles. The number of hydrogen-bond donors (Lipinski definition) is 1. The van der Waals surface area contributed by atoms with E-state index in [0.29, 0.717) is 12.4 Å². The van der Waals surface area contributed by atoms with E-state index in [1.807, 2.05) is 0 Å². The molecule has 6 heteroatoms. The van der Waals surface area contributed by atoms with E-state index in [4.69, 9.17) is 9.84 Å². The van der Waals surface area contributed by atoms with E-state index in [2.05, 4.69) is 22.0 Å². The molecule has 1 atom stereocenters.